The van der Waals surface area contributed by atoms with Crippen molar-refractivity contribution in [2.75, 3.05) is 33.0 Å². The highest BCUT2D eigenvalue weighted by Gasteiger charge is 2.47. The van der Waals surface area contributed by atoms with Crippen LogP contribution in [0.25, 0.3) is 0 Å². The van der Waals surface area contributed by atoms with Crippen molar-refractivity contribution in [3.05, 3.63) is 60.8 Å². The van der Waals surface area contributed by atoms with Crippen molar-refractivity contribution in [2.24, 2.45) is 0 Å². The molecule has 0 saturated carbocycles. The molecule has 0 aromatic heterocycles. The van der Waals surface area contributed by atoms with Crippen LogP contribution in [0, 0.1) is 0 Å². The zero-order chi connectivity index (χ0) is 55.1. The zero-order valence-electron chi connectivity index (χ0n) is 47.5. The lowest BCUT2D eigenvalue weighted by Gasteiger charge is -2.42. The van der Waals surface area contributed by atoms with Gasteiger partial charge in [-0.2, -0.15) is 0 Å². The van der Waals surface area contributed by atoms with Crippen LogP contribution in [0.2, 0.25) is 0 Å². The van der Waals surface area contributed by atoms with E-state index in [1.165, 1.54) is 116 Å². The number of aliphatic hydroxyl groups excluding tert-OH is 7. The standard InChI is InChI=1S/C62H110O14/c1-3-5-7-9-11-13-15-17-19-21-23-25-27-29-31-33-35-37-39-41-43-45-54(64)74-51(48-71-46-44-42-40-38-36-34-32-30-28-26-24-22-20-18-16-14-12-10-8-6-4-2)49-72-61-60(70)58(68)56(66)53(76-61)50-73-62-59(69)57(67)55(65)52(47-63)75-62/h5,7,11,13,17,19,23,25,29,31,51-53,55-63,65-70H,3-4,6,8-10,12,14-16,18,20-22,24,26-28,30,32-50H2,1-2H3/b7-5-,13-11-,19-17-,25-23-,31-29-. The molecule has 0 aromatic carbocycles. The van der Waals surface area contributed by atoms with E-state index in [2.05, 4.69) is 74.6 Å². The third-order valence-corrected chi connectivity index (χ3v) is 14.3. The van der Waals surface area contributed by atoms with Crippen LogP contribution in [0.4, 0.5) is 0 Å². The van der Waals surface area contributed by atoms with Gasteiger partial charge in [-0.05, 0) is 57.8 Å². The molecule has 0 aliphatic carbocycles. The topological polar surface area (TPSA) is 214 Å². The molecule has 7 N–H and O–H groups in total. The molecule has 0 aromatic rings. The molecule has 14 nitrogen and oxygen atoms in total. The minimum atomic E-state index is -1.71. The van der Waals surface area contributed by atoms with E-state index in [1.807, 2.05) is 0 Å². The van der Waals surface area contributed by atoms with Crippen LogP contribution < -0.4 is 0 Å². The van der Waals surface area contributed by atoms with E-state index in [0.29, 0.717) is 13.0 Å². The van der Waals surface area contributed by atoms with Crippen molar-refractivity contribution in [3.63, 3.8) is 0 Å². The summed E-state index contributed by atoms with van der Waals surface area (Å²) in [4.78, 5) is 13.1. The number of hydrogen-bond donors (Lipinski definition) is 7. The van der Waals surface area contributed by atoms with Gasteiger partial charge in [-0.25, -0.2) is 0 Å². The quantitative estimate of drug-likeness (QED) is 0.0172. The van der Waals surface area contributed by atoms with Gasteiger partial charge >= 0.3 is 5.97 Å². The number of ether oxygens (including phenoxy) is 6. The molecular formula is C62H110O14. The number of esters is 1. The number of carbonyl (C=O) groups excluding carboxylic acids is 1. The lowest BCUT2D eigenvalue weighted by atomic mass is 9.98. The maximum atomic E-state index is 13.1. The molecule has 2 fully saturated rings. The Balaban J connectivity index is 1.71. The van der Waals surface area contributed by atoms with Crippen molar-refractivity contribution >= 4 is 5.97 Å². The number of hydrogen-bond acceptors (Lipinski definition) is 14. The first-order valence-corrected chi connectivity index (χ1v) is 30.4. The molecule has 76 heavy (non-hydrogen) atoms. The Morgan fingerprint density at radius 2 is 0.855 bits per heavy atom. The van der Waals surface area contributed by atoms with Crippen LogP contribution in [0.3, 0.4) is 0 Å². The third kappa shape index (κ3) is 34.6. The van der Waals surface area contributed by atoms with Crippen molar-refractivity contribution in [2.45, 2.75) is 293 Å². The van der Waals surface area contributed by atoms with E-state index in [0.717, 1.165) is 83.5 Å². The Morgan fingerprint density at radius 3 is 1.34 bits per heavy atom. The summed E-state index contributed by atoms with van der Waals surface area (Å²) in [7, 11) is 0. The summed E-state index contributed by atoms with van der Waals surface area (Å²) >= 11 is 0. The van der Waals surface area contributed by atoms with Gasteiger partial charge in [-0.1, -0.05) is 222 Å². The van der Waals surface area contributed by atoms with Gasteiger partial charge in [0.05, 0.1) is 26.4 Å². The van der Waals surface area contributed by atoms with Gasteiger partial charge in [0, 0.05) is 13.0 Å². The van der Waals surface area contributed by atoms with Gasteiger partial charge in [0.25, 0.3) is 0 Å². The smallest absolute Gasteiger partial charge is 0.306 e. The molecule has 2 saturated heterocycles. The average Bonchev–Trinajstić information content (AvgIpc) is 3.42. The lowest BCUT2D eigenvalue weighted by Crippen LogP contribution is -2.61. The summed E-state index contributed by atoms with van der Waals surface area (Å²) in [6, 6.07) is 0. The predicted octanol–water partition coefficient (Wildman–Crippen LogP) is 11.2. The molecule has 442 valence electrons. The summed E-state index contributed by atoms with van der Waals surface area (Å²) in [5.41, 5.74) is 0. The van der Waals surface area contributed by atoms with Gasteiger partial charge in [0.15, 0.2) is 12.6 Å². The predicted molar refractivity (Wildman–Crippen MR) is 302 cm³/mol. The summed E-state index contributed by atoms with van der Waals surface area (Å²) in [5.74, 6) is -0.392. The van der Waals surface area contributed by atoms with Crippen LogP contribution in [0.5, 0.6) is 0 Å². The Hall–Kier alpha value is -2.31. The average molecular weight is 1080 g/mol. The number of allylic oxidation sites excluding steroid dienone is 10. The Morgan fingerprint density at radius 1 is 0.447 bits per heavy atom. The largest absolute Gasteiger partial charge is 0.457 e. The monoisotopic (exact) mass is 1080 g/mol. The Kier molecular flexibility index (Phi) is 44.6. The van der Waals surface area contributed by atoms with Crippen LogP contribution in [-0.2, 0) is 33.2 Å². The van der Waals surface area contributed by atoms with E-state index in [4.69, 9.17) is 28.4 Å². The number of rotatable bonds is 49. The molecular weight excluding hydrogens is 969 g/mol. The van der Waals surface area contributed by atoms with Crippen LogP contribution in [0.15, 0.2) is 60.8 Å². The fourth-order valence-corrected chi connectivity index (χ4v) is 9.43. The van der Waals surface area contributed by atoms with Crippen LogP contribution in [0.1, 0.15) is 226 Å². The third-order valence-electron chi connectivity index (χ3n) is 14.3. The molecule has 0 bridgehead atoms. The maximum absolute atomic E-state index is 13.1. The molecule has 2 rings (SSSR count). The molecule has 0 amide bonds. The van der Waals surface area contributed by atoms with Gasteiger partial charge in [0.1, 0.15) is 54.9 Å². The summed E-state index contributed by atoms with van der Waals surface area (Å²) < 4.78 is 34.4. The fraction of sp³-hybridized carbons (Fsp3) is 0.823. The number of aliphatic hydroxyl groups is 7. The molecule has 14 heteroatoms. The van der Waals surface area contributed by atoms with E-state index < -0.39 is 86.7 Å². The van der Waals surface area contributed by atoms with E-state index in [-0.39, 0.29) is 19.6 Å². The first-order chi connectivity index (χ1) is 37.1. The molecule has 2 aliphatic heterocycles. The second-order valence-corrected chi connectivity index (χ2v) is 21.2. The minimum Gasteiger partial charge on any atom is -0.457 e. The van der Waals surface area contributed by atoms with Crippen molar-refractivity contribution < 1.29 is 69.0 Å². The van der Waals surface area contributed by atoms with E-state index in [9.17, 15) is 40.5 Å². The maximum Gasteiger partial charge on any atom is 0.306 e. The minimum absolute atomic E-state index is 0.0539. The lowest BCUT2D eigenvalue weighted by molar-refractivity contribution is -0.332. The van der Waals surface area contributed by atoms with Crippen LogP contribution in [-0.4, -0.2) is 142 Å². The highest BCUT2D eigenvalue weighted by molar-refractivity contribution is 5.69. The Labute approximate surface area is 460 Å². The van der Waals surface area contributed by atoms with Gasteiger partial charge in [-0.3, -0.25) is 4.79 Å². The summed E-state index contributed by atoms with van der Waals surface area (Å²) in [6.07, 6.45) is 44.2. The molecule has 11 atom stereocenters. The van der Waals surface area contributed by atoms with E-state index >= 15 is 0 Å². The van der Waals surface area contributed by atoms with E-state index in [1.54, 1.807) is 0 Å². The first-order valence-electron chi connectivity index (χ1n) is 30.4. The van der Waals surface area contributed by atoms with Crippen LogP contribution >= 0.6 is 0 Å². The Bertz CT molecular complexity index is 1490. The highest BCUT2D eigenvalue weighted by Crippen LogP contribution is 2.27. The SMILES string of the molecule is CC/C=C\C/C=C\C/C=C\C/C=C\C/C=C\CCCCCCCC(=O)OC(COCCCCCCCCCCCCCCCCCCCCCCC)COC1OC(COC2OC(CO)C(O)C(O)C2O)C(O)C(O)C1O. The highest BCUT2D eigenvalue weighted by atomic mass is 16.7. The molecule has 2 aliphatic rings. The van der Waals surface area contributed by atoms with Gasteiger partial charge in [-0.15, -0.1) is 0 Å². The van der Waals surface area contributed by atoms with Gasteiger partial charge in [0.2, 0.25) is 0 Å². The second kappa shape index (κ2) is 48.6. The molecule has 2 heterocycles. The zero-order valence-corrected chi connectivity index (χ0v) is 47.5. The molecule has 0 spiro atoms. The molecule has 0 radical (unpaired) electrons. The van der Waals surface area contributed by atoms with Crippen molar-refractivity contribution in [3.8, 4) is 0 Å². The first kappa shape index (κ1) is 69.8. The van der Waals surface area contributed by atoms with Crippen molar-refractivity contribution in [1.82, 2.24) is 0 Å². The summed E-state index contributed by atoms with van der Waals surface area (Å²) in [6.45, 7) is 3.58. The number of carbonyl (C=O) groups is 1. The summed E-state index contributed by atoms with van der Waals surface area (Å²) in [5, 5.41) is 72.4. The molecule has 11 unspecified atom stereocenters. The fourth-order valence-electron chi connectivity index (χ4n) is 9.43. The van der Waals surface area contributed by atoms with Gasteiger partial charge < -0.3 is 64.2 Å². The van der Waals surface area contributed by atoms with Crippen molar-refractivity contribution in [1.29, 1.82) is 0 Å². The number of unbranched alkanes of at least 4 members (excludes halogenated alkanes) is 25. The normalized spacial score (nSPS) is 24.9. The second-order valence-electron chi connectivity index (χ2n) is 21.2.